The number of oxazole rings is 1. The van der Waals surface area contributed by atoms with Crippen molar-refractivity contribution in [3.8, 4) is 11.7 Å². The molecule has 0 radical (unpaired) electrons. The van der Waals surface area contributed by atoms with Crippen LogP contribution >= 0.6 is 0 Å². The maximum Gasteiger partial charge on any atom is 0.263 e. The van der Waals surface area contributed by atoms with Crippen molar-refractivity contribution in [3.63, 3.8) is 0 Å². The Bertz CT molecular complexity index is 606. The molecule has 0 aliphatic heterocycles. The van der Waals surface area contributed by atoms with E-state index in [9.17, 15) is 0 Å². The van der Waals surface area contributed by atoms with Crippen LogP contribution in [-0.2, 0) is 6.54 Å². The second-order valence-electron chi connectivity index (χ2n) is 3.82. The molecule has 17 heavy (non-hydrogen) atoms. The van der Waals surface area contributed by atoms with Crippen LogP contribution in [0.4, 0.5) is 0 Å². The van der Waals surface area contributed by atoms with E-state index in [0.717, 1.165) is 16.7 Å². The van der Waals surface area contributed by atoms with Gasteiger partial charge in [-0.25, -0.2) is 4.98 Å². The predicted molar refractivity (Wildman–Crippen MR) is 64.5 cm³/mol. The first-order chi connectivity index (χ1) is 8.36. The van der Waals surface area contributed by atoms with Gasteiger partial charge in [-0.2, -0.15) is 0 Å². The van der Waals surface area contributed by atoms with Gasteiger partial charge < -0.3 is 14.2 Å². The van der Waals surface area contributed by atoms with Gasteiger partial charge in [-0.3, -0.25) is 0 Å². The van der Waals surface area contributed by atoms with Crippen LogP contribution in [-0.4, -0.2) is 12.0 Å². The van der Waals surface area contributed by atoms with E-state index in [0.29, 0.717) is 18.2 Å². The molecule has 0 amide bonds. The van der Waals surface area contributed by atoms with Crippen molar-refractivity contribution in [1.82, 2.24) is 10.3 Å². The second-order valence-corrected chi connectivity index (χ2v) is 3.82. The molecule has 0 spiro atoms. The molecule has 4 heteroatoms. The lowest BCUT2D eigenvalue weighted by atomic mass is 10.2. The molecule has 3 aromatic rings. The topological polar surface area (TPSA) is 51.2 Å². The lowest BCUT2D eigenvalue weighted by molar-refractivity contribution is 0.533. The van der Waals surface area contributed by atoms with Crippen LogP contribution in [0.5, 0.6) is 0 Å². The predicted octanol–water partition coefficient (Wildman–Crippen LogP) is 2.81. The quantitative estimate of drug-likeness (QED) is 0.748. The fourth-order valence-electron chi connectivity index (χ4n) is 1.77. The molecule has 0 saturated carbocycles. The largest absolute Gasteiger partial charge is 0.451 e. The highest BCUT2D eigenvalue weighted by molar-refractivity contribution is 5.81. The normalized spacial score (nSPS) is 11.1. The maximum absolute atomic E-state index is 5.67. The van der Waals surface area contributed by atoms with Gasteiger partial charge in [0.25, 0.3) is 5.89 Å². The number of para-hydroxylation sites is 1. The molecular weight excluding hydrogens is 216 g/mol. The van der Waals surface area contributed by atoms with E-state index < -0.39 is 0 Å². The molecule has 2 heterocycles. The van der Waals surface area contributed by atoms with Crippen molar-refractivity contribution in [2.45, 2.75) is 6.54 Å². The molecule has 0 aliphatic rings. The van der Waals surface area contributed by atoms with Gasteiger partial charge in [-0.1, -0.05) is 18.2 Å². The number of fused-ring (bicyclic) bond motifs is 1. The minimum absolute atomic E-state index is 0.520. The summed E-state index contributed by atoms with van der Waals surface area (Å²) in [7, 11) is 1.87. The summed E-state index contributed by atoms with van der Waals surface area (Å²) in [5.41, 5.74) is 1.71. The Morgan fingerprint density at radius 3 is 3.00 bits per heavy atom. The average Bonchev–Trinajstić information content (AvgIpc) is 2.94. The highest BCUT2D eigenvalue weighted by atomic mass is 16.4. The monoisotopic (exact) mass is 228 g/mol. The van der Waals surface area contributed by atoms with Gasteiger partial charge in [0, 0.05) is 11.9 Å². The Labute approximate surface area is 98.3 Å². The summed E-state index contributed by atoms with van der Waals surface area (Å²) in [4.78, 5) is 4.34. The van der Waals surface area contributed by atoms with Crippen LogP contribution in [0.2, 0.25) is 0 Å². The summed E-state index contributed by atoms with van der Waals surface area (Å²) < 4.78 is 11.1. The molecule has 4 nitrogen and oxygen atoms in total. The third-order valence-electron chi connectivity index (χ3n) is 2.55. The zero-order chi connectivity index (χ0) is 11.7. The molecule has 0 fully saturated rings. The summed E-state index contributed by atoms with van der Waals surface area (Å²) in [6.45, 7) is 0.684. The molecule has 0 bridgehead atoms. The molecule has 0 saturated heterocycles. The number of furan rings is 1. The maximum atomic E-state index is 5.67. The van der Waals surface area contributed by atoms with Crippen LogP contribution in [0.3, 0.4) is 0 Å². The highest BCUT2D eigenvalue weighted by Crippen LogP contribution is 2.26. The molecule has 0 unspecified atom stereocenters. The summed E-state index contributed by atoms with van der Waals surface area (Å²) >= 11 is 0. The Balaban J connectivity index is 2.01. The minimum Gasteiger partial charge on any atom is -0.451 e. The lowest BCUT2D eigenvalue weighted by Crippen LogP contribution is -2.04. The van der Waals surface area contributed by atoms with E-state index in [4.69, 9.17) is 8.83 Å². The van der Waals surface area contributed by atoms with Crippen LogP contribution in [0.15, 0.2) is 45.4 Å². The Kier molecular flexibility index (Phi) is 2.42. The van der Waals surface area contributed by atoms with Gasteiger partial charge in [0.05, 0.1) is 5.69 Å². The van der Waals surface area contributed by atoms with Crippen molar-refractivity contribution in [1.29, 1.82) is 0 Å². The molecule has 86 valence electrons. The molecular formula is C13H12N2O2. The standard InChI is InChI=1S/C13H12N2O2/c1-14-7-10-8-16-13(15-10)12-6-9-4-2-3-5-11(9)17-12/h2-6,8,14H,7H2,1H3. The SMILES string of the molecule is CNCc1coc(-c2cc3ccccc3o2)n1. The van der Waals surface area contributed by atoms with Crippen LogP contribution in [0.1, 0.15) is 5.69 Å². The number of hydrogen-bond acceptors (Lipinski definition) is 4. The van der Waals surface area contributed by atoms with Gasteiger partial charge >= 0.3 is 0 Å². The van der Waals surface area contributed by atoms with E-state index in [2.05, 4.69) is 10.3 Å². The third-order valence-corrected chi connectivity index (χ3v) is 2.55. The zero-order valence-corrected chi connectivity index (χ0v) is 9.43. The highest BCUT2D eigenvalue weighted by Gasteiger charge is 2.11. The molecule has 0 atom stereocenters. The third kappa shape index (κ3) is 1.83. The minimum atomic E-state index is 0.520. The number of nitrogens with zero attached hydrogens (tertiary/aromatic N) is 1. The summed E-state index contributed by atoms with van der Waals surface area (Å²) in [6.07, 6.45) is 1.64. The summed E-state index contributed by atoms with van der Waals surface area (Å²) in [5.74, 6) is 1.18. The van der Waals surface area contributed by atoms with Crippen molar-refractivity contribution in [2.75, 3.05) is 7.05 Å². The second kappa shape index (κ2) is 4.07. The number of benzene rings is 1. The van der Waals surface area contributed by atoms with E-state index in [1.807, 2.05) is 37.4 Å². The molecule has 2 aromatic heterocycles. The van der Waals surface area contributed by atoms with Gasteiger partial charge in [-0.05, 0) is 19.2 Å². The molecule has 3 rings (SSSR count). The first kappa shape index (κ1) is 10.1. The van der Waals surface area contributed by atoms with Crippen molar-refractivity contribution < 1.29 is 8.83 Å². The van der Waals surface area contributed by atoms with E-state index in [1.165, 1.54) is 0 Å². The zero-order valence-electron chi connectivity index (χ0n) is 9.43. The van der Waals surface area contributed by atoms with Gasteiger partial charge in [0.15, 0.2) is 5.76 Å². The lowest BCUT2D eigenvalue weighted by Gasteiger charge is -1.89. The fraction of sp³-hybridized carbons (Fsp3) is 0.154. The Hall–Kier alpha value is -2.07. The molecule has 1 aromatic carbocycles. The van der Waals surface area contributed by atoms with Crippen LogP contribution in [0.25, 0.3) is 22.6 Å². The molecule has 1 N–H and O–H groups in total. The van der Waals surface area contributed by atoms with E-state index >= 15 is 0 Å². The van der Waals surface area contributed by atoms with Gasteiger partial charge in [-0.15, -0.1) is 0 Å². The number of nitrogens with one attached hydrogen (secondary N) is 1. The smallest absolute Gasteiger partial charge is 0.263 e. The first-order valence-corrected chi connectivity index (χ1v) is 5.45. The first-order valence-electron chi connectivity index (χ1n) is 5.45. The number of rotatable bonds is 3. The summed E-state index contributed by atoms with van der Waals surface area (Å²) in [5, 5.41) is 4.07. The Morgan fingerprint density at radius 1 is 1.29 bits per heavy atom. The fourth-order valence-corrected chi connectivity index (χ4v) is 1.77. The number of hydrogen-bond donors (Lipinski definition) is 1. The van der Waals surface area contributed by atoms with Crippen molar-refractivity contribution >= 4 is 11.0 Å². The van der Waals surface area contributed by atoms with Crippen molar-refractivity contribution in [2.24, 2.45) is 0 Å². The Morgan fingerprint density at radius 2 is 2.18 bits per heavy atom. The molecule has 0 aliphatic carbocycles. The van der Waals surface area contributed by atoms with E-state index in [-0.39, 0.29) is 0 Å². The van der Waals surface area contributed by atoms with Crippen LogP contribution < -0.4 is 5.32 Å². The van der Waals surface area contributed by atoms with Crippen molar-refractivity contribution in [3.05, 3.63) is 42.3 Å². The van der Waals surface area contributed by atoms with Gasteiger partial charge in [0.2, 0.25) is 0 Å². The summed E-state index contributed by atoms with van der Waals surface area (Å²) in [6, 6.07) is 9.78. The van der Waals surface area contributed by atoms with Gasteiger partial charge in [0.1, 0.15) is 11.8 Å². The van der Waals surface area contributed by atoms with E-state index in [1.54, 1.807) is 6.26 Å². The average molecular weight is 228 g/mol. The van der Waals surface area contributed by atoms with Crippen LogP contribution in [0, 0.1) is 0 Å². The number of aromatic nitrogens is 1.